The molecular formula is C68H93F6NO2. The van der Waals surface area contributed by atoms with Crippen molar-refractivity contribution in [2.45, 2.75) is 179 Å². The van der Waals surface area contributed by atoms with E-state index in [9.17, 15) is 35.9 Å². The SMILES string of the molecule is C.C=C(C(C)C)C1CC1.C=C(N)C(C)C.C=C(c1ccc(C(F)(F)F)cc1)C(C)C.C=C(c1ccc(C2CC2)cc1)C(C)C.CC(C)C(=O)c1cc(C2CC2)cc(C2CC2)c1.Cc1cc(C(=O)C(C)C)cc(C(F)(F)F)c1. The van der Waals surface area contributed by atoms with Gasteiger partial charge in [0.2, 0.25) is 0 Å². The first-order valence-corrected chi connectivity index (χ1v) is 27.4. The molecule has 0 atom stereocenters. The molecule has 3 nitrogen and oxygen atoms in total. The molecule has 4 aliphatic carbocycles. The molecule has 0 unspecified atom stereocenters. The standard InChI is InChI=1S/C16H20O.C14H18.C12H13F3O.C12H13F3.C8H14.C5H11N.CH4/c1-10(2)16(17)15-8-13(11-3-4-11)7-14(9-15)12-5-6-12;1-10(2)11(3)12-4-6-13(7-5-12)14-8-9-14;1-7(2)11(16)9-4-8(3)5-10(6-9)12(13,14)15;1-8(2)9(3)10-4-6-11(7-5-10)12(13,14)15;1-6(2)7(3)8-4-5-8;1-4(2)5(3)6;/h7-12H,3-6H2,1-2H3;4-7,10,14H,3,8-9H2,1-2H3;4-7H,1-3H3;4-8H,3H2,1-2H3;6,8H,3-5H2,1-2H3;4H,3,6H2,1-2H3;1H4. The van der Waals surface area contributed by atoms with Gasteiger partial charge in [0.05, 0.1) is 11.1 Å². The maximum absolute atomic E-state index is 12.5. The summed E-state index contributed by atoms with van der Waals surface area (Å²) in [7, 11) is 0. The first-order chi connectivity index (χ1) is 35.2. The summed E-state index contributed by atoms with van der Waals surface area (Å²) >= 11 is 0. The van der Waals surface area contributed by atoms with E-state index in [0.29, 0.717) is 29.1 Å². The average molecular weight is 1070 g/mol. The Hall–Kier alpha value is -5.44. The lowest BCUT2D eigenvalue weighted by atomic mass is 9.94. The van der Waals surface area contributed by atoms with Gasteiger partial charge in [-0.25, -0.2) is 0 Å². The smallest absolute Gasteiger partial charge is 0.402 e. The van der Waals surface area contributed by atoms with Crippen LogP contribution in [0.5, 0.6) is 0 Å². The zero-order chi connectivity index (χ0) is 57.6. The number of carbonyl (C=O) groups excluding carboxylic acids is 2. The molecule has 424 valence electrons. The van der Waals surface area contributed by atoms with Crippen LogP contribution in [0.25, 0.3) is 11.1 Å². The summed E-state index contributed by atoms with van der Waals surface area (Å²) in [4.78, 5) is 23.7. The summed E-state index contributed by atoms with van der Waals surface area (Å²) in [5, 5.41) is 0. The van der Waals surface area contributed by atoms with Gasteiger partial charge >= 0.3 is 12.4 Å². The van der Waals surface area contributed by atoms with Gasteiger partial charge < -0.3 is 5.73 Å². The van der Waals surface area contributed by atoms with Crippen LogP contribution < -0.4 is 5.73 Å². The van der Waals surface area contributed by atoms with Gasteiger partial charge in [-0.3, -0.25) is 9.59 Å². The molecular weight excluding hydrogens is 977 g/mol. The number of Topliss-reactive ketones (excluding diaryl/α,β-unsaturated/α-hetero) is 2. The highest BCUT2D eigenvalue weighted by molar-refractivity contribution is 5.98. The maximum atomic E-state index is 12.5. The Morgan fingerprint density at radius 1 is 0.442 bits per heavy atom. The lowest BCUT2D eigenvalue weighted by Gasteiger charge is -2.11. The van der Waals surface area contributed by atoms with Crippen LogP contribution in [-0.4, -0.2) is 11.6 Å². The van der Waals surface area contributed by atoms with Crippen molar-refractivity contribution >= 4 is 22.7 Å². The molecule has 4 aromatic rings. The van der Waals surface area contributed by atoms with Gasteiger partial charge in [0.1, 0.15) is 0 Å². The van der Waals surface area contributed by atoms with Crippen LogP contribution in [0.3, 0.4) is 0 Å². The molecule has 8 rings (SSSR count). The van der Waals surface area contributed by atoms with Gasteiger partial charge in [-0.05, 0) is 193 Å². The number of carbonyl (C=O) groups is 2. The molecule has 0 aromatic heterocycles. The largest absolute Gasteiger partial charge is 0.416 e. The Balaban J connectivity index is 0.000000324. The minimum Gasteiger partial charge on any atom is -0.402 e. The van der Waals surface area contributed by atoms with E-state index < -0.39 is 23.5 Å². The second-order valence-corrected chi connectivity index (χ2v) is 23.1. The summed E-state index contributed by atoms with van der Waals surface area (Å²) in [5.74, 6) is 5.00. The van der Waals surface area contributed by atoms with Crippen LogP contribution in [0, 0.1) is 48.3 Å². The summed E-state index contributed by atoms with van der Waals surface area (Å²) in [5.41, 5.74) is 16.1. The van der Waals surface area contributed by atoms with E-state index in [1.807, 2.05) is 41.5 Å². The highest BCUT2D eigenvalue weighted by Crippen LogP contribution is 2.46. The van der Waals surface area contributed by atoms with Gasteiger partial charge in [0, 0.05) is 28.7 Å². The lowest BCUT2D eigenvalue weighted by molar-refractivity contribution is -0.138. The highest BCUT2D eigenvalue weighted by Gasteiger charge is 2.33. The molecule has 77 heavy (non-hydrogen) atoms. The van der Waals surface area contributed by atoms with Gasteiger partial charge in [-0.15, -0.1) is 0 Å². The number of benzene rings is 4. The molecule has 0 bridgehead atoms. The van der Waals surface area contributed by atoms with E-state index >= 15 is 0 Å². The Labute approximate surface area is 461 Å². The number of hydrogen-bond donors (Lipinski definition) is 1. The van der Waals surface area contributed by atoms with E-state index in [1.54, 1.807) is 20.8 Å². The maximum Gasteiger partial charge on any atom is 0.416 e. The van der Waals surface area contributed by atoms with Crippen LogP contribution in [0.1, 0.15) is 225 Å². The summed E-state index contributed by atoms with van der Waals surface area (Å²) in [6, 6.07) is 24.1. The molecule has 4 aliphatic rings. The molecule has 4 saturated carbocycles. The molecule has 0 radical (unpaired) electrons. The quantitative estimate of drug-likeness (QED) is 0.0778. The number of aryl methyl sites for hydroxylation is 1. The summed E-state index contributed by atoms with van der Waals surface area (Å²) in [6.45, 7) is 41.1. The van der Waals surface area contributed by atoms with E-state index in [2.05, 4.69) is 96.5 Å². The summed E-state index contributed by atoms with van der Waals surface area (Å²) < 4.78 is 74.3. The Morgan fingerprint density at radius 2 is 0.792 bits per heavy atom. The van der Waals surface area contributed by atoms with Crippen molar-refractivity contribution in [1.29, 1.82) is 0 Å². The number of alkyl halides is 6. The van der Waals surface area contributed by atoms with Crippen LogP contribution >= 0.6 is 0 Å². The van der Waals surface area contributed by atoms with Crippen molar-refractivity contribution in [2.24, 2.45) is 47.2 Å². The molecule has 4 fully saturated rings. The summed E-state index contributed by atoms with van der Waals surface area (Å²) in [6.07, 6.45) is 2.12. The van der Waals surface area contributed by atoms with E-state index in [-0.39, 0.29) is 36.5 Å². The Kier molecular flexibility index (Phi) is 26.4. The first kappa shape index (κ1) is 67.7. The van der Waals surface area contributed by atoms with Crippen molar-refractivity contribution in [3.05, 3.63) is 178 Å². The third kappa shape index (κ3) is 23.6. The minimum atomic E-state index is -4.40. The predicted octanol–water partition coefficient (Wildman–Crippen LogP) is 21.1. The van der Waals surface area contributed by atoms with Gasteiger partial charge in [0.15, 0.2) is 11.6 Å². The molecule has 0 heterocycles. The second-order valence-electron chi connectivity index (χ2n) is 23.1. The number of ketones is 2. The lowest BCUT2D eigenvalue weighted by Crippen LogP contribution is -2.11. The van der Waals surface area contributed by atoms with Crippen molar-refractivity contribution in [3.8, 4) is 0 Å². The molecule has 4 aromatic carbocycles. The number of nitrogens with two attached hydrogens (primary N) is 1. The van der Waals surface area contributed by atoms with Crippen molar-refractivity contribution < 1.29 is 35.9 Å². The Bertz CT molecular complexity index is 2520. The minimum absolute atomic E-state index is 0. The fraction of sp³-hybridized carbons (Fsp3) is 0.500. The monoisotopic (exact) mass is 1070 g/mol. The second kappa shape index (κ2) is 30.1. The molecule has 0 spiro atoms. The van der Waals surface area contributed by atoms with Gasteiger partial charge in [0.25, 0.3) is 0 Å². The third-order valence-corrected chi connectivity index (χ3v) is 14.0. The number of hydrogen-bond acceptors (Lipinski definition) is 3. The molecule has 0 amide bonds. The molecule has 0 saturated heterocycles. The zero-order valence-corrected chi connectivity index (χ0v) is 48.0. The Morgan fingerprint density at radius 3 is 1.08 bits per heavy atom. The third-order valence-electron chi connectivity index (χ3n) is 14.0. The van der Waals surface area contributed by atoms with Crippen LogP contribution in [0.15, 0.2) is 123 Å². The number of halogens is 6. The molecule has 9 heteroatoms. The number of rotatable bonds is 14. The predicted molar refractivity (Wildman–Crippen MR) is 314 cm³/mol. The molecule has 2 N–H and O–H groups in total. The fourth-order valence-electron chi connectivity index (χ4n) is 7.73. The first-order valence-electron chi connectivity index (χ1n) is 27.4. The molecule has 0 aliphatic heterocycles. The normalized spacial score (nSPS) is 14.8. The van der Waals surface area contributed by atoms with Crippen LogP contribution in [0.4, 0.5) is 26.3 Å². The fourth-order valence-corrected chi connectivity index (χ4v) is 7.73. The van der Waals surface area contributed by atoms with E-state index in [0.717, 1.165) is 70.3 Å². The van der Waals surface area contributed by atoms with Crippen molar-refractivity contribution in [1.82, 2.24) is 0 Å². The van der Waals surface area contributed by atoms with Crippen molar-refractivity contribution in [2.75, 3.05) is 0 Å². The average Bonchev–Trinajstić information content (AvgIpc) is 4.15. The van der Waals surface area contributed by atoms with Crippen molar-refractivity contribution in [3.63, 3.8) is 0 Å². The van der Waals surface area contributed by atoms with E-state index in [1.165, 1.54) is 103 Å². The van der Waals surface area contributed by atoms with Gasteiger partial charge in [-0.2, -0.15) is 26.3 Å². The topological polar surface area (TPSA) is 60.2 Å². The van der Waals surface area contributed by atoms with Crippen LogP contribution in [-0.2, 0) is 12.4 Å². The van der Waals surface area contributed by atoms with Gasteiger partial charge in [-0.1, -0.05) is 165 Å². The van der Waals surface area contributed by atoms with Crippen LogP contribution in [0.2, 0.25) is 0 Å². The number of allylic oxidation sites excluding steroid dienone is 4. The van der Waals surface area contributed by atoms with E-state index in [4.69, 9.17) is 5.73 Å². The highest BCUT2D eigenvalue weighted by atomic mass is 19.4. The zero-order valence-electron chi connectivity index (χ0n) is 48.0.